The molecule has 5 heteroatoms. The van der Waals surface area contributed by atoms with Gasteiger partial charge in [-0.2, -0.15) is 5.10 Å². The predicted molar refractivity (Wildman–Crippen MR) is 61.1 cm³/mol. The number of aryl methyl sites for hydroxylation is 1. The molecule has 1 unspecified atom stereocenters. The lowest BCUT2D eigenvalue weighted by atomic mass is 9.92. The number of amides is 1. The van der Waals surface area contributed by atoms with Crippen LogP contribution in [-0.4, -0.2) is 34.7 Å². The Morgan fingerprint density at radius 3 is 2.88 bits per heavy atom. The van der Waals surface area contributed by atoms with Gasteiger partial charge in [-0.15, -0.1) is 0 Å². The van der Waals surface area contributed by atoms with Crippen LogP contribution in [-0.2, 0) is 13.5 Å². The first-order valence-corrected chi connectivity index (χ1v) is 5.55. The summed E-state index contributed by atoms with van der Waals surface area (Å²) >= 11 is 0. The number of nitrogens with zero attached hydrogens (tertiary/aromatic N) is 3. The van der Waals surface area contributed by atoms with E-state index in [4.69, 9.17) is 5.73 Å². The third kappa shape index (κ3) is 1.61. The molecule has 1 amide bonds. The van der Waals surface area contributed by atoms with Crippen LogP contribution in [0.3, 0.4) is 0 Å². The SMILES string of the molecule is CN(C)C(=O)c1nn(C)c2c1CCCC2N. The van der Waals surface area contributed by atoms with Gasteiger partial charge in [0.1, 0.15) is 0 Å². The van der Waals surface area contributed by atoms with Crippen LogP contribution in [0.4, 0.5) is 0 Å². The van der Waals surface area contributed by atoms with E-state index in [0.717, 1.165) is 30.5 Å². The van der Waals surface area contributed by atoms with Gasteiger partial charge in [0.25, 0.3) is 5.91 Å². The second-order valence-electron chi connectivity index (χ2n) is 4.53. The first-order chi connectivity index (χ1) is 7.52. The molecule has 5 nitrogen and oxygen atoms in total. The highest BCUT2D eigenvalue weighted by Crippen LogP contribution is 2.30. The van der Waals surface area contributed by atoms with E-state index in [1.807, 2.05) is 7.05 Å². The second-order valence-corrected chi connectivity index (χ2v) is 4.53. The maximum atomic E-state index is 11.9. The van der Waals surface area contributed by atoms with E-state index in [2.05, 4.69) is 5.10 Å². The summed E-state index contributed by atoms with van der Waals surface area (Å²) in [5.41, 5.74) is 8.68. The fraction of sp³-hybridized carbons (Fsp3) is 0.636. The summed E-state index contributed by atoms with van der Waals surface area (Å²) in [6.45, 7) is 0. The third-order valence-corrected chi connectivity index (χ3v) is 3.10. The van der Waals surface area contributed by atoms with Gasteiger partial charge in [-0.3, -0.25) is 9.48 Å². The van der Waals surface area contributed by atoms with Crippen molar-refractivity contribution in [1.29, 1.82) is 0 Å². The number of carbonyl (C=O) groups excluding carboxylic acids is 1. The Morgan fingerprint density at radius 1 is 1.56 bits per heavy atom. The minimum Gasteiger partial charge on any atom is -0.343 e. The van der Waals surface area contributed by atoms with Crippen molar-refractivity contribution in [3.8, 4) is 0 Å². The number of carbonyl (C=O) groups is 1. The lowest BCUT2D eigenvalue weighted by molar-refractivity contribution is 0.0820. The fourth-order valence-corrected chi connectivity index (χ4v) is 2.31. The standard InChI is InChI=1S/C11H18N4O/c1-14(2)11(16)9-7-5-4-6-8(12)10(7)15(3)13-9/h8H,4-6,12H2,1-3H3. The highest BCUT2D eigenvalue weighted by molar-refractivity contribution is 5.93. The van der Waals surface area contributed by atoms with Crippen molar-refractivity contribution in [2.75, 3.05) is 14.1 Å². The average molecular weight is 222 g/mol. The van der Waals surface area contributed by atoms with Gasteiger partial charge in [0.05, 0.1) is 5.69 Å². The van der Waals surface area contributed by atoms with Crippen LogP contribution in [0.5, 0.6) is 0 Å². The smallest absolute Gasteiger partial charge is 0.274 e. The molecule has 0 aliphatic heterocycles. The number of nitrogens with two attached hydrogens (primary N) is 1. The van der Waals surface area contributed by atoms with Gasteiger partial charge in [0, 0.05) is 32.7 Å². The van der Waals surface area contributed by atoms with Gasteiger partial charge in [0.2, 0.25) is 0 Å². The molecule has 1 aliphatic rings. The number of hydrogen-bond donors (Lipinski definition) is 1. The van der Waals surface area contributed by atoms with E-state index >= 15 is 0 Å². The quantitative estimate of drug-likeness (QED) is 0.750. The van der Waals surface area contributed by atoms with E-state index in [9.17, 15) is 4.79 Å². The first-order valence-electron chi connectivity index (χ1n) is 5.55. The summed E-state index contributed by atoms with van der Waals surface area (Å²) in [5, 5.41) is 4.31. The number of fused-ring (bicyclic) bond motifs is 1. The van der Waals surface area contributed by atoms with Crippen molar-refractivity contribution < 1.29 is 4.79 Å². The summed E-state index contributed by atoms with van der Waals surface area (Å²) < 4.78 is 1.76. The van der Waals surface area contributed by atoms with Crippen molar-refractivity contribution in [3.63, 3.8) is 0 Å². The maximum Gasteiger partial charge on any atom is 0.274 e. The summed E-state index contributed by atoms with van der Waals surface area (Å²) in [5.74, 6) is -0.0362. The van der Waals surface area contributed by atoms with Crippen molar-refractivity contribution in [3.05, 3.63) is 17.0 Å². The second kappa shape index (κ2) is 3.90. The van der Waals surface area contributed by atoms with E-state index in [-0.39, 0.29) is 11.9 Å². The highest BCUT2D eigenvalue weighted by atomic mass is 16.2. The highest BCUT2D eigenvalue weighted by Gasteiger charge is 2.28. The topological polar surface area (TPSA) is 64.2 Å². The van der Waals surface area contributed by atoms with Gasteiger partial charge in [-0.1, -0.05) is 0 Å². The van der Waals surface area contributed by atoms with E-state index in [1.165, 1.54) is 0 Å². The van der Waals surface area contributed by atoms with E-state index in [0.29, 0.717) is 5.69 Å². The van der Waals surface area contributed by atoms with Crippen LogP contribution in [0.1, 0.15) is 40.6 Å². The van der Waals surface area contributed by atoms with Crippen LogP contribution in [0, 0.1) is 0 Å². The molecule has 1 aromatic rings. The Bertz CT molecular complexity index is 422. The fourth-order valence-electron chi connectivity index (χ4n) is 2.31. The van der Waals surface area contributed by atoms with Crippen LogP contribution in [0.2, 0.25) is 0 Å². The van der Waals surface area contributed by atoms with Crippen molar-refractivity contribution >= 4 is 5.91 Å². The van der Waals surface area contributed by atoms with Gasteiger partial charge in [-0.25, -0.2) is 0 Å². The lowest BCUT2D eigenvalue weighted by Gasteiger charge is -2.20. The largest absolute Gasteiger partial charge is 0.343 e. The van der Waals surface area contributed by atoms with Crippen LogP contribution < -0.4 is 5.73 Å². The third-order valence-electron chi connectivity index (χ3n) is 3.10. The molecule has 1 aliphatic carbocycles. The van der Waals surface area contributed by atoms with Crippen molar-refractivity contribution in [2.45, 2.75) is 25.3 Å². The van der Waals surface area contributed by atoms with Gasteiger partial charge in [0.15, 0.2) is 5.69 Å². The van der Waals surface area contributed by atoms with E-state index in [1.54, 1.807) is 23.7 Å². The summed E-state index contributed by atoms with van der Waals surface area (Å²) in [6, 6.07) is 0.0185. The lowest BCUT2D eigenvalue weighted by Crippen LogP contribution is -2.24. The Kier molecular flexibility index (Phi) is 2.71. The molecule has 16 heavy (non-hydrogen) atoms. The molecule has 88 valence electrons. The predicted octanol–water partition coefficient (Wildman–Crippen LogP) is 0.458. The molecule has 0 fully saturated rings. The molecule has 0 saturated carbocycles. The van der Waals surface area contributed by atoms with Crippen molar-refractivity contribution in [2.24, 2.45) is 12.8 Å². The zero-order chi connectivity index (χ0) is 11.9. The zero-order valence-corrected chi connectivity index (χ0v) is 10.0. The Balaban J connectivity index is 2.49. The Labute approximate surface area is 95.2 Å². The molecule has 0 radical (unpaired) electrons. The van der Waals surface area contributed by atoms with Gasteiger partial charge >= 0.3 is 0 Å². The monoisotopic (exact) mass is 222 g/mol. The number of aromatic nitrogens is 2. The molecule has 1 heterocycles. The van der Waals surface area contributed by atoms with Crippen LogP contribution in [0.15, 0.2) is 0 Å². The summed E-state index contributed by atoms with van der Waals surface area (Å²) in [7, 11) is 5.34. The number of rotatable bonds is 1. The molecule has 1 aromatic heterocycles. The molecule has 0 aromatic carbocycles. The number of hydrogen-bond acceptors (Lipinski definition) is 3. The molecule has 0 spiro atoms. The van der Waals surface area contributed by atoms with Gasteiger partial charge in [-0.05, 0) is 19.3 Å². The molecule has 0 bridgehead atoms. The zero-order valence-electron chi connectivity index (χ0n) is 10.0. The van der Waals surface area contributed by atoms with Gasteiger partial charge < -0.3 is 10.6 Å². The minimum atomic E-state index is -0.0362. The maximum absolute atomic E-state index is 11.9. The van der Waals surface area contributed by atoms with Crippen LogP contribution in [0.25, 0.3) is 0 Å². The molecule has 2 N–H and O–H groups in total. The summed E-state index contributed by atoms with van der Waals surface area (Å²) in [6.07, 6.45) is 2.92. The average Bonchev–Trinajstić information content (AvgIpc) is 2.56. The normalized spacial score (nSPS) is 19.4. The molecule has 2 rings (SSSR count). The first kappa shape index (κ1) is 11.1. The molecule has 0 saturated heterocycles. The minimum absolute atomic E-state index is 0.0185. The molecule has 1 atom stereocenters. The Hall–Kier alpha value is -1.36. The van der Waals surface area contributed by atoms with Crippen molar-refractivity contribution in [1.82, 2.24) is 14.7 Å². The molecular weight excluding hydrogens is 204 g/mol. The molecular formula is C11H18N4O. The van der Waals surface area contributed by atoms with Crippen LogP contribution >= 0.6 is 0 Å². The summed E-state index contributed by atoms with van der Waals surface area (Å²) in [4.78, 5) is 13.5. The van der Waals surface area contributed by atoms with E-state index < -0.39 is 0 Å². The Morgan fingerprint density at radius 2 is 2.25 bits per heavy atom.